The van der Waals surface area contributed by atoms with Crippen molar-refractivity contribution < 1.29 is 17.9 Å². The van der Waals surface area contributed by atoms with Crippen LogP contribution in [0.15, 0.2) is 48.2 Å². The van der Waals surface area contributed by atoms with Crippen LogP contribution in [0.5, 0.6) is 5.75 Å². The number of para-hydroxylation sites is 1. The maximum atomic E-state index is 14.1. The molecule has 0 aliphatic carbocycles. The predicted octanol–water partition coefficient (Wildman–Crippen LogP) is 5.46. The molecule has 1 unspecified atom stereocenters. The molecule has 24 heavy (non-hydrogen) atoms. The molecule has 1 aliphatic rings. The summed E-state index contributed by atoms with van der Waals surface area (Å²) in [6.45, 7) is 1.70. The van der Waals surface area contributed by atoms with Gasteiger partial charge in [-0.1, -0.05) is 42.8 Å². The molecule has 0 saturated carbocycles. The van der Waals surface area contributed by atoms with Crippen LogP contribution in [-0.2, 0) is 6.42 Å². The molecule has 0 bridgehead atoms. The first kappa shape index (κ1) is 16.8. The van der Waals surface area contributed by atoms with E-state index in [-0.39, 0.29) is 29.3 Å². The van der Waals surface area contributed by atoms with Gasteiger partial charge >= 0.3 is 6.18 Å². The highest BCUT2D eigenvalue weighted by atomic mass is 35.5. The minimum Gasteiger partial charge on any atom is -0.472 e. The zero-order chi connectivity index (χ0) is 17.4. The van der Waals surface area contributed by atoms with E-state index in [1.807, 2.05) is 0 Å². The predicted molar refractivity (Wildman–Crippen MR) is 87.1 cm³/mol. The molecule has 1 aromatic carbocycles. The van der Waals surface area contributed by atoms with Crippen LogP contribution in [-0.4, -0.2) is 16.8 Å². The molecule has 6 heteroatoms. The van der Waals surface area contributed by atoms with Crippen LogP contribution in [0.4, 0.5) is 13.2 Å². The van der Waals surface area contributed by atoms with Crippen molar-refractivity contribution in [2.45, 2.75) is 31.5 Å². The second-order valence-electron chi connectivity index (χ2n) is 5.65. The standard InChI is InChI=1S/C18H15ClF3NO/c1-2-14-9-13-5-3-4-6-15(13)24-17(14,18(20,21)22)10-12-7-8-16(19)23-11-12/h3-9,11H,2,10H2,1H3. The van der Waals surface area contributed by atoms with Gasteiger partial charge < -0.3 is 4.74 Å². The van der Waals surface area contributed by atoms with Gasteiger partial charge in [0.15, 0.2) is 0 Å². The third-order valence-electron chi connectivity index (χ3n) is 4.13. The summed E-state index contributed by atoms with van der Waals surface area (Å²) >= 11 is 5.73. The van der Waals surface area contributed by atoms with E-state index in [4.69, 9.17) is 16.3 Å². The molecule has 126 valence electrons. The number of nitrogens with zero attached hydrogens (tertiary/aromatic N) is 1. The summed E-state index contributed by atoms with van der Waals surface area (Å²) in [6.07, 6.45) is -1.76. The van der Waals surface area contributed by atoms with Gasteiger partial charge in [-0.3, -0.25) is 0 Å². The number of rotatable bonds is 3. The van der Waals surface area contributed by atoms with E-state index in [0.717, 1.165) is 0 Å². The Labute approximate surface area is 142 Å². The van der Waals surface area contributed by atoms with Gasteiger partial charge in [0.1, 0.15) is 10.9 Å². The first-order valence-corrected chi connectivity index (χ1v) is 7.90. The number of aromatic nitrogens is 1. The first-order valence-electron chi connectivity index (χ1n) is 7.52. The molecule has 1 aliphatic heterocycles. The van der Waals surface area contributed by atoms with Gasteiger partial charge in [-0.15, -0.1) is 0 Å². The van der Waals surface area contributed by atoms with Crippen LogP contribution in [0, 0.1) is 0 Å². The molecule has 2 heterocycles. The number of fused-ring (bicyclic) bond motifs is 1. The molecule has 2 nitrogen and oxygen atoms in total. The summed E-state index contributed by atoms with van der Waals surface area (Å²) in [5.41, 5.74) is -1.13. The van der Waals surface area contributed by atoms with E-state index >= 15 is 0 Å². The van der Waals surface area contributed by atoms with Crippen LogP contribution in [0.1, 0.15) is 24.5 Å². The number of alkyl halides is 3. The summed E-state index contributed by atoms with van der Waals surface area (Å²) < 4.78 is 47.8. The minimum atomic E-state index is -4.57. The SMILES string of the molecule is CCC1=Cc2ccccc2OC1(Cc1ccc(Cl)nc1)C(F)(F)F. The monoisotopic (exact) mass is 353 g/mol. The van der Waals surface area contributed by atoms with E-state index in [0.29, 0.717) is 11.1 Å². The van der Waals surface area contributed by atoms with Crippen LogP contribution in [0.2, 0.25) is 5.15 Å². The number of pyridine rings is 1. The number of hydrogen-bond acceptors (Lipinski definition) is 2. The van der Waals surface area contributed by atoms with Crippen molar-refractivity contribution in [1.82, 2.24) is 4.98 Å². The molecule has 0 spiro atoms. The largest absolute Gasteiger partial charge is 0.472 e. The lowest BCUT2D eigenvalue weighted by Crippen LogP contribution is -2.54. The van der Waals surface area contributed by atoms with Crippen molar-refractivity contribution in [1.29, 1.82) is 0 Å². The average Bonchev–Trinajstić information content (AvgIpc) is 2.55. The molecule has 3 rings (SSSR count). The van der Waals surface area contributed by atoms with Gasteiger partial charge in [-0.2, -0.15) is 13.2 Å². The van der Waals surface area contributed by atoms with E-state index in [9.17, 15) is 13.2 Å². The van der Waals surface area contributed by atoms with Crippen molar-refractivity contribution in [3.63, 3.8) is 0 Å². The molecule has 2 aromatic rings. The Hall–Kier alpha value is -2.01. The van der Waals surface area contributed by atoms with Crippen LogP contribution >= 0.6 is 11.6 Å². The van der Waals surface area contributed by atoms with Crippen molar-refractivity contribution >= 4 is 17.7 Å². The van der Waals surface area contributed by atoms with Crippen LogP contribution < -0.4 is 4.74 Å². The Balaban J connectivity index is 2.11. The van der Waals surface area contributed by atoms with Crippen molar-refractivity contribution in [2.24, 2.45) is 0 Å². The molecular weight excluding hydrogens is 339 g/mol. The molecule has 0 N–H and O–H groups in total. The Kier molecular flexibility index (Phi) is 4.30. The van der Waals surface area contributed by atoms with Gasteiger partial charge in [-0.25, -0.2) is 4.98 Å². The Morgan fingerprint density at radius 2 is 1.92 bits per heavy atom. The summed E-state index contributed by atoms with van der Waals surface area (Å²) in [4.78, 5) is 3.88. The number of halogens is 4. The lowest BCUT2D eigenvalue weighted by molar-refractivity contribution is -0.234. The Morgan fingerprint density at radius 1 is 1.17 bits per heavy atom. The van der Waals surface area contributed by atoms with Gasteiger partial charge in [0, 0.05) is 18.2 Å². The molecule has 1 atom stereocenters. The molecule has 0 saturated heterocycles. The number of benzene rings is 1. The summed E-state index contributed by atoms with van der Waals surface area (Å²) in [5.74, 6) is 0.231. The van der Waals surface area contributed by atoms with E-state index < -0.39 is 11.8 Å². The normalized spacial score (nSPS) is 20.1. The van der Waals surface area contributed by atoms with E-state index in [1.165, 1.54) is 12.3 Å². The van der Waals surface area contributed by atoms with E-state index in [2.05, 4.69) is 4.98 Å². The van der Waals surface area contributed by atoms with Crippen LogP contribution in [0.25, 0.3) is 6.08 Å². The van der Waals surface area contributed by atoms with Crippen molar-refractivity contribution in [3.05, 3.63) is 64.4 Å². The third kappa shape index (κ3) is 2.88. The van der Waals surface area contributed by atoms with Crippen molar-refractivity contribution in [2.75, 3.05) is 0 Å². The molecule has 1 aromatic heterocycles. The molecule has 0 amide bonds. The van der Waals surface area contributed by atoms with Crippen LogP contribution in [0.3, 0.4) is 0 Å². The van der Waals surface area contributed by atoms with Crippen molar-refractivity contribution in [3.8, 4) is 5.75 Å². The zero-order valence-corrected chi connectivity index (χ0v) is 13.7. The zero-order valence-electron chi connectivity index (χ0n) is 12.9. The minimum absolute atomic E-state index is 0.198. The Morgan fingerprint density at radius 3 is 2.54 bits per heavy atom. The highest BCUT2D eigenvalue weighted by molar-refractivity contribution is 6.29. The second-order valence-corrected chi connectivity index (χ2v) is 6.04. The van der Waals surface area contributed by atoms with Gasteiger partial charge in [0.25, 0.3) is 0 Å². The molecule has 0 radical (unpaired) electrons. The summed E-state index contributed by atoms with van der Waals surface area (Å²) in [7, 11) is 0. The fraction of sp³-hybridized carbons (Fsp3) is 0.278. The summed E-state index contributed by atoms with van der Waals surface area (Å²) in [6, 6.07) is 9.76. The quantitative estimate of drug-likeness (QED) is 0.683. The van der Waals surface area contributed by atoms with E-state index in [1.54, 1.807) is 43.3 Å². The number of ether oxygens (including phenoxy) is 1. The fourth-order valence-corrected chi connectivity index (χ4v) is 3.04. The second kappa shape index (κ2) is 6.13. The van der Waals surface area contributed by atoms with Gasteiger partial charge in [0.2, 0.25) is 5.60 Å². The fourth-order valence-electron chi connectivity index (χ4n) is 2.93. The maximum absolute atomic E-state index is 14.1. The molecular formula is C18H15ClF3NO. The maximum Gasteiger partial charge on any atom is 0.432 e. The third-order valence-corrected chi connectivity index (χ3v) is 4.36. The topological polar surface area (TPSA) is 22.1 Å². The average molecular weight is 354 g/mol. The van der Waals surface area contributed by atoms with Gasteiger partial charge in [-0.05, 0) is 35.8 Å². The molecule has 0 fully saturated rings. The highest BCUT2D eigenvalue weighted by Crippen LogP contribution is 2.48. The number of hydrogen-bond donors (Lipinski definition) is 0. The summed E-state index contributed by atoms with van der Waals surface area (Å²) in [5, 5.41) is 0.237. The lowest BCUT2D eigenvalue weighted by Gasteiger charge is -2.41. The first-order chi connectivity index (χ1) is 11.4. The lowest BCUT2D eigenvalue weighted by atomic mass is 9.82. The smallest absolute Gasteiger partial charge is 0.432 e. The highest BCUT2D eigenvalue weighted by Gasteiger charge is 2.60. The Bertz CT molecular complexity index is 771. The van der Waals surface area contributed by atoms with Gasteiger partial charge in [0.05, 0.1) is 0 Å².